The Morgan fingerprint density at radius 3 is 2.22 bits per heavy atom. The van der Waals surface area contributed by atoms with Crippen molar-refractivity contribution < 1.29 is 18.3 Å². The van der Waals surface area contributed by atoms with Gasteiger partial charge in [-0.15, -0.1) is 0 Å². The van der Waals surface area contributed by atoms with Crippen molar-refractivity contribution in [1.29, 1.82) is 0 Å². The van der Waals surface area contributed by atoms with Crippen molar-refractivity contribution in [2.45, 2.75) is 19.6 Å². The molecule has 0 saturated heterocycles. The molecule has 1 N–H and O–H groups in total. The highest BCUT2D eigenvalue weighted by atomic mass is 19.3. The first kappa shape index (κ1) is 18.6. The van der Waals surface area contributed by atoms with Gasteiger partial charge in [0.25, 0.3) is 5.91 Å². The molecule has 27 heavy (non-hydrogen) atoms. The van der Waals surface area contributed by atoms with E-state index in [2.05, 4.69) is 10.1 Å². The lowest BCUT2D eigenvalue weighted by Crippen LogP contribution is -2.26. The molecule has 3 nitrogen and oxygen atoms in total. The first-order valence-electron chi connectivity index (χ1n) is 8.54. The molecule has 0 radical (unpaired) electrons. The Balaban J connectivity index is 1.68. The van der Waals surface area contributed by atoms with Crippen LogP contribution in [0.2, 0.25) is 0 Å². The van der Waals surface area contributed by atoms with Gasteiger partial charge in [-0.05, 0) is 41.8 Å². The van der Waals surface area contributed by atoms with Crippen molar-refractivity contribution in [1.82, 2.24) is 5.32 Å². The highest BCUT2D eigenvalue weighted by Crippen LogP contribution is 2.22. The van der Waals surface area contributed by atoms with Gasteiger partial charge in [0.05, 0.1) is 6.04 Å². The van der Waals surface area contributed by atoms with Gasteiger partial charge in [-0.25, -0.2) is 0 Å². The van der Waals surface area contributed by atoms with Gasteiger partial charge < -0.3 is 10.1 Å². The van der Waals surface area contributed by atoms with Gasteiger partial charge in [0.15, 0.2) is 0 Å². The monoisotopic (exact) mass is 367 g/mol. The number of rotatable bonds is 6. The largest absolute Gasteiger partial charge is 0.435 e. The zero-order valence-corrected chi connectivity index (χ0v) is 14.7. The normalized spacial score (nSPS) is 11.9. The summed E-state index contributed by atoms with van der Waals surface area (Å²) in [5.74, 6) is -0.396. The molecule has 0 spiro atoms. The number of carbonyl (C=O) groups is 1. The summed E-state index contributed by atoms with van der Waals surface area (Å²) >= 11 is 0. The third-order valence-corrected chi connectivity index (χ3v) is 4.19. The molecule has 0 bridgehead atoms. The summed E-state index contributed by atoms with van der Waals surface area (Å²) in [5.41, 5.74) is 3.43. The maximum atomic E-state index is 12.4. The Morgan fingerprint density at radius 2 is 1.56 bits per heavy atom. The number of carbonyl (C=O) groups excluding carboxylic acids is 1. The number of hydrogen-bond donors (Lipinski definition) is 1. The maximum Gasteiger partial charge on any atom is 0.387 e. The minimum absolute atomic E-state index is 0.0440. The second kappa shape index (κ2) is 8.45. The number of alkyl halides is 2. The zero-order valence-electron chi connectivity index (χ0n) is 14.7. The highest BCUT2D eigenvalue weighted by molar-refractivity contribution is 5.94. The van der Waals surface area contributed by atoms with Crippen LogP contribution in [0.3, 0.4) is 0 Å². The van der Waals surface area contributed by atoms with Crippen molar-refractivity contribution in [3.8, 4) is 16.9 Å². The molecule has 3 aromatic carbocycles. The lowest BCUT2D eigenvalue weighted by molar-refractivity contribution is -0.0498. The molecule has 1 atom stereocenters. The third kappa shape index (κ3) is 4.91. The van der Waals surface area contributed by atoms with E-state index in [4.69, 9.17) is 0 Å². The molecule has 138 valence electrons. The average molecular weight is 367 g/mol. The molecule has 5 heteroatoms. The van der Waals surface area contributed by atoms with E-state index in [1.54, 1.807) is 6.07 Å². The van der Waals surface area contributed by atoms with Crippen molar-refractivity contribution in [2.75, 3.05) is 0 Å². The van der Waals surface area contributed by atoms with Gasteiger partial charge in [-0.2, -0.15) is 8.78 Å². The second-order valence-corrected chi connectivity index (χ2v) is 6.09. The van der Waals surface area contributed by atoms with Crippen LogP contribution in [0.5, 0.6) is 5.75 Å². The summed E-state index contributed by atoms with van der Waals surface area (Å²) < 4.78 is 29.0. The number of hydrogen-bond acceptors (Lipinski definition) is 2. The molecule has 3 rings (SSSR count). The van der Waals surface area contributed by atoms with Crippen LogP contribution in [0.25, 0.3) is 11.1 Å². The molecule has 0 aliphatic carbocycles. The predicted molar refractivity (Wildman–Crippen MR) is 101 cm³/mol. The van der Waals surface area contributed by atoms with Crippen LogP contribution in [0.1, 0.15) is 28.9 Å². The van der Waals surface area contributed by atoms with Crippen LogP contribution >= 0.6 is 0 Å². The smallest absolute Gasteiger partial charge is 0.387 e. The summed E-state index contributed by atoms with van der Waals surface area (Å²) in [6.45, 7) is -1.06. The van der Waals surface area contributed by atoms with Gasteiger partial charge in [0.1, 0.15) is 5.75 Å². The van der Waals surface area contributed by atoms with E-state index in [1.807, 2.05) is 61.5 Å². The molecule has 0 fully saturated rings. The lowest BCUT2D eigenvalue weighted by atomic mass is 10.0. The Kier molecular flexibility index (Phi) is 5.81. The molecule has 0 aliphatic heterocycles. The van der Waals surface area contributed by atoms with Gasteiger partial charge in [-0.3, -0.25) is 4.79 Å². The van der Waals surface area contributed by atoms with E-state index in [0.29, 0.717) is 0 Å². The van der Waals surface area contributed by atoms with E-state index in [0.717, 1.165) is 16.7 Å². The van der Waals surface area contributed by atoms with Crippen LogP contribution in [-0.2, 0) is 0 Å². The molecular formula is C22H19F2NO2. The number of nitrogens with one attached hydrogen (secondary N) is 1. The molecule has 0 aliphatic rings. The van der Waals surface area contributed by atoms with Crippen molar-refractivity contribution in [2.24, 2.45) is 0 Å². The first-order chi connectivity index (χ1) is 13.0. The number of benzene rings is 3. The molecular weight excluding hydrogens is 348 g/mol. The lowest BCUT2D eigenvalue weighted by Gasteiger charge is -2.15. The zero-order chi connectivity index (χ0) is 19.2. The van der Waals surface area contributed by atoms with E-state index in [-0.39, 0.29) is 23.3 Å². The topological polar surface area (TPSA) is 38.3 Å². The summed E-state index contributed by atoms with van der Waals surface area (Å²) in [5, 5.41) is 2.87. The highest BCUT2D eigenvalue weighted by Gasteiger charge is 2.13. The van der Waals surface area contributed by atoms with Crippen LogP contribution in [0, 0.1) is 0 Å². The summed E-state index contributed by atoms with van der Waals surface area (Å²) in [7, 11) is 0. The first-order valence-corrected chi connectivity index (χ1v) is 8.54. The molecule has 0 unspecified atom stereocenters. The van der Waals surface area contributed by atoms with E-state index in [1.165, 1.54) is 18.2 Å². The minimum atomic E-state index is -2.93. The average Bonchev–Trinajstić information content (AvgIpc) is 2.68. The minimum Gasteiger partial charge on any atom is -0.435 e. The van der Waals surface area contributed by atoms with E-state index >= 15 is 0 Å². The maximum absolute atomic E-state index is 12.4. The summed E-state index contributed by atoms with van der Waals surface area (Å²) in [4.78, 5) is 12.4. The molecule has 0 heterocycles. The van der Waals surface area contributed by atoms with Gasteiger partial charge in [0.2, 0.25) is 0 Å². The fourth-order valence-electron chi connectivity index (χ4n) is 2.77. The van der Waals surface area contributed by atoms with E-state index < -0.39 is 6.61 Å². The van der Waals surface area contributed by atoms with Gasteiger partial charge in [-0.1, -0.05) is 60.7 Å². The van der Waals surface area contributed by atoms with Crippen LogP contribution in [0.15, 0.2) is 78.9 Å². The fourth-order valence-corrected chi connectivity index (χ4v) is 2.77. The third-order valence-electron chi connectivity index (χ3n) is 4.19. The second-order valence-electron chi connectivity index (χ2n) is 6.09. The summed E-state index contributed by atoms with van der Waals surface area (Å²) in [6.07, 6.45) is 0. The molecule has 1 amide bonds. The van der Waals surface area contributed by atoms with Crippen molar-refractivity contribution >= 4 is 5.91 Å². The molecule has 3 aromatic rings. The van der Waals surface area contributed by atoms with Crippen LogP contribution in [-0.4, -0.2) is 12.5 Å². The van der Waals surface area contributed by atoms with Crippen LogP contribution in [0.4, 0.5) is 8.78 Å². The Morgan fingerprint density at radius 1 is 0.889 bits per heavy atom. The SMILES string of the molecule is C[C@@H](NC(=O)c1cccc(OC(F)F)c1)c1ccc(-c2ccccc2)cc1. The molecule has 0 aromatic heterocycles. The van der Waals surface area contributed by atoms with Gasteiger partial charge in [0, 0.05) is 5.56 Å². The van der Waals surface area contributed by atoms with Crippen LogP contribution < -0.4 is 10.1 Å². The Labute approximate surface area is 156 Å². The van der Waals surface area contributed by atoms with E-state index in [9.17, 15) is 13.6 Å². The van der Waals surface area contributed by atoms with Crippen molar-refractivity contribution in [3.05, 3.63) is 90.0 Å². The van der Waals surface area contributed by atoms with Crippen molar-refractivity contribution in [3.63, 3.8) is 0 Å². The molecule has 0 saturated carbocycles. The fraction of sp³-hybridized carbons (Fsp3) is 0.136. The number of ether oxygens (including phenoxy) is 1. The number of halogens is 2. The predicted octanol–water partition coefficient (Wildman–Crippen LogP) is 5.45. The summed E-state index contributed by atoms with van der Waals surface area (Å²) in [6, 6.07) is 23.5. The Hall–Kier alpha value is -3.21. The number of amides is 1. The van der Waals surface area contributed by atoms with Gasteiger partial charge >= 0.3 is 6.61 Å². The Bertz CT molecular complexity index is 896. The standard InChI is InChI=1S/C22H19F2NO2/c1-15(16-10-12-18(13-11-16)17-6-3-2-4-7-17)25-21(26)19-8-5-9-20(14-19)27-22(23)24/h2-15,22H,1H3,(H,25,26)/t15-/m1/s1. The quantitative estimate of drug-likeness (QED) is 0.629.